The van der Waals surface area contributed by atoms with Crippen LogP contribution in [0.25, 0.3) is 17.2 Å². The molecule has 0 radical (unpaired) electrons. The molecule has 1 aliphatic carbocycles. The molecule has 0 saturated carbocycles. The van der Waals surface area contributed by atoms with Crippen LogP contribution in [0.1, 0.15) is 43.9 Å². The van der Waals surface area contributed by atoms with Crippen molar-refractivity contribution in [3.05, 3.63) is 70.5 Å². The number of hydrogen-bond donors (Lipinski definition) is 0. The lowest BCUT2D eigenvalue weighted by Gasteiger charge is -2.09. The average Bonchev–Trinajstić information content (AvgIpc) is 2.80. The second-order valence-corrected chi connectivity index (χ2v) is 7.60. The summed E-state index contributed by atoms with van der Waals surface area (Å²) in [5.41, 5.74) is 7.18. The van der Waals surface area contributed by atoms with E-state index in [1.165, 1.54) is 27.2 Å². The highest BCUT2D eigenvalue weighted by molar-refractivity contribution is 7.98. The van der Waals surface area contributed by atoms with Gasteiger partial charge in [0.2, 0.25) is 0 Å². The van der Waals surface area contributed by atoms with Gasteiger partial charge in [-0.05, 0) is 89.3 Å². The molecule has 2 heteroatoms. The van der Waals surface area contributed by atoms with Crippen LogP contribution < -0.4 is 0 Å². The Bertz CT molecular complexity index is 810. The van der Waals surface area contributed by atoms with Crippen molar-refractivity contribution in [2.24, 2.45) is 5.92 Å². The fraction of sp³-hybridized carbons (Fsp3) is 0.273. The molecular formula is C22H23FS. The maximum atomic E-state index is 13.8. The summed E-state index contributed by atoms with van der Waals surface area (Å²) >= 11 is 1.75. The van der Waals surface area contributed by atoms with E-state index in [0.717, 1.165) is 17.5 Å². The highest BCUT2D eigenvalue weighted by Crippen LogP contribution is 2.44. The fourth-order valence-corrected chi connectivity index (χ4v) is 3.70. The Kier molecular flexibility index (Phi) is 4.96. The van der Waals surface area contributed by atoms with Gasteiger partial charge in [-0.3, -0.25) is 0 Å². The Morgan fingerprint density at radius 2 is 1.75 bits per heavy atom. The summed E-state index contributed by atoms with van der Waals surface area (Å²) < 4.78 is 13.8. The smallest absolute Gasteiger partial charge is 0.123 e. The Hall–Kier alpha value is -1.80. The van der Waals surface area contributed by atoms with Crippen molar-refractivity contribution in [1.29, 1.82) is 0 Å². The number of allylic oxidation sites excluding steroid dienone is 3. The summed E-state index contributed by atoms with van der Waals surface area (Å²) in [7, 11) is 0. The molecule has 0 aromatic heterocycles. The van der Waals surface area contributed by atoms with Crippen LogP contribution >= 0.6 is 11.8 Å². The van der Waals surface area contributed by atoms with Crippen LogP contribution in [0.4, 0.5) is 4.39 Å². The van der Waals surface area contributed by atoms with Gasteiger partial charge in [0, 0.05) is 4.90 Å². The lowest BCUT2D eigenvalue weighted by Crippen LogP contribution is -1.92. The molecule has 1 aliphatic rings. The summed E-state index contributed by atoms with van der Waals surface area (Å²) in [6.07, 6.45) is 5.29. The van der Waals surface area contributed by atoms with Crippen LogP contribution in [0, 0.1) is 11.7 Å². The van der Waals surface area contributed by atoms with Crippen molar-refractivity contribution in [2.45, 2.75) is 32.1 Å². The molecule has 0 nitrogen and oxygen atoms in total. The largest absolute Gasteiger partial charge is 0.207 e. The van der Waals surface area contributed by atoms with E-state index in [1.54, 1.807) is 23.9 Å². The van der Waals surface area contributed by atoms with Crippen LogP contribution in [0.2, 0.25) is 0 Å². The van der Waals surface area contributed by atoms with Crippen molar-refractivity contribution < 1.29 is 4.39 Å². The van der Waals surface area contributed by atoms with Crippen molar-refractivity contribution in [3.8, 4) is 0 Å². The Labute approximate surface area is 148 Å². The van der Waals surface area contributed by atoms with Gasteiger partial charge < -0.3 is 0 Å². The fourth-order valence-electron chi connectivity index (χ4n) is 3.29. The highest BCUT2D eigenvalue weighted by Gasteiger charge is 2.24. The third-order valence-corrected chi connectivity index (χ3v) is 5.24. The van der Waals surface area contributed by atoms with Crippen molar-refractivity contribution >= 4 is 29.0 Å². The van der Waals surface area contributed by atoms with E-state index in [-0.39, 0.29) is 5.82 Å². The summed E-state index contributed by atoms with van der Waals surface area (Å²) in [6, 6.07) is 13.8. The molecular weight excluding hydrogens is 315 g/mol. The molecule has 0 heterocycles. The summed E-state index contributed by atoms with van der Waals surface area (Å²) in [4.78, 5) is 1.26. The molecule has 0 fully saturated rings. The SMILES string of the molecule is CSc1ccc(/C=C2/C(C)=C(CC(C)C)c3cc(F)ccc32)cc1. The van der Waals surface area contributed by atoms with E-state index in [4.69, 9.17) is 0 Å². The molecule has 0 spiro atoms. The third kappa shape index (κ3) is 3.34. The lowest BCUT2D eigenvalue weighted by atomic mass is 9.96. The predicted octanol–water partition coefficient (Wildman–Crippen LogP) is 6.92. The molecule has 0 unspecified atom stereocenters. The van der Waals surface area contributed by atoms with Crippen LogP contribution in [0.5, 0.6) is 0 Å². The summed E-state index contributed by atoms with van der Waals surface area (Å²) in [6.45, 7) is 6.59. The van der Waals surface area contributed by atoms with E-state index in [2.05, 4.69) is 57.4 Å². The minimum atomic E-state index is -0.159. The Morgan fingerprint density at radius 3 is 2.38 bits per heavy atom. The van der Waals surface area contributed by atoms with Gasteiger partial charge in [0.1, 0.15) is 5.82 Å². The zero-order valence-electron chi connectivity index (χ0n) is 14.7. The van der Waals surface area contributed by atoms with Crippen LogP contribution in [-0.2, 0) is 0 Å². The van der Waals surface area contributed by atoms with E-state index in [1.807, 2.05) is 6.07 Å². The normalized spacial score (nSPS) is 15.5. The van der Waals surface area contributed by atoms with Crippen LogP contribution in [-0.4, -0.2) is 6.26 Å². The first-order valence-corrected chi connectivity index (χ1v) is 9.58. The van der Waals surface area contributed by atoms with Gasteiger partial charge in [-0.1, -0.05) is 32.0 Å². The first-order valence-electron chi connectivity index (χ1n) is 8.35. The quantitative estimate of drug-likeness (QED) is 0.545. The molecule has 2 aromatic rings. The summed E-state index contributed by atoms with van der Waals surface area (Å²) in [5, 5.41) is 0. The topological polar surface area (TPSA) is 0 Å². The third-order valence-electron chi connectivity index (χ3n) is 4.49. The van der Waals surface area contributed by atoms with Gasteiger partial charge in [-0.2, -0.15) is 0 Å². The molecule has 0 aliphatic heterocycles. The van der Waals surface area contributed by atoms with Crippen LogP contribution in [0.15, 0.2) is 52.9 Å². The molecule has 0 N–H and O–H groups in total. The second-order valence-electron chi connectivity index (χ2n) is 6.72. The molecule has 0 bridgehead atoms. The molecule has 24 heavy (non-hydrogen) atoms. The molecule has 124 valence electrons. The molecule has 0 amide bonds. The Balaban J connectivity index is 2.09. The minimum Gasteiger partial charge on any atom is -0.207 e. The molecule has 2 aromatic carbocycles. The zero-order valence-corrected chi connectivity index (χ0v) is 15.5. The van der Waals surface area contributed by atoms with E-state index in [9.17, 15) is 4.39 Å². The van der Waals surface area contributed by atoms with E-state index >= 15 is 0 Å². The number of hydrogen-bond acceptors (Lipinski definition) is 1. The number of halogens is 1. The average molecular weight is 338 g/mol. The van der Waals surface area contributed by atoms with Crippen molar-refractivity contribution in [2.75, 3.05) is 6.26 Å². The number of fused-ring (bicyclic) bond motifs is 1. The maximum Gasteiger partial charge on any atom is 0.123 e. The van der Waals surface area contributed by atoms with Gasteiger partial charge >= 0.3 is 0 Å². The van der Waals surface area contributed by atoms with Gasteiger partial charge in [-0.25, -0.2) is 4.39 Å². The van der Waals surface area contributed by atoms with E-state index in [0.29, 0.717) is 5.92 Å². The van der Waals surface area contributed by atoms with Gasteiger partial charge in [-0.15, -0.1) is 11.8 Å². The van der Waals surface area contributed by atoms with Crippen LogP contribution in [0.3, 0.4) is 0 Å². The monoisotopic (exact) mass is 338 g/mol. The number of rotatable bonds is 4. The molecule has 0 saturated heterocycles. The highest BCUT2D eigenvalue weighted by atomic mass is 32.2. The first-order chi connectivity index (χ1) is 11.5. The standard InChI is InChI=1S/C22H23FS/c1-14(2)11-20-15(3)21(19-10-7-17(23)13-22(19)20)12-16-5-8-18(24-4)9-6-16/h5-10,12-14H,11H2,1-4H3/b21-12-. The number of thioether (sulfide) groups is 1. The first kappa shape index (κ1) is 17.0. The van der Waals surface area contributed by atoms with Gasteiger partial charge in [0.15, 0.2) is 0 Å². The second kappa shape index (κ2) is 6.98. The molecule has 3 rings (SSSR count). The van der Waals surface area contributed by atoms with E-state index < -0.39 is 0 Å². The predicted molar refractivity (Wildman–Crippen MR) is 105 cm³/mol. The van der Waals surface area contributed by atoms with Crippen molar-refractivity contribution in [3.63, 3.8) is 0 Å². The zero-order chi connectivity index (χ0) is 17.3. The Morgan fingerprint density at radius 1 is 1.04 bits per heavy atom. The lowest BCUT2D eigenvalue weighted by molar-refractivity contribution is 0.626. The van der Waals surface area contributed by atoms with Gasteiger partial charge in [0.05, 0.1) is 0 Å². The van der Waals surface area contributed by atoms with Gasteiger partial charge in [0.25, 0.3) is 0 Å². The van der Waals surface area contributed by atoms with Crippen molar-refractivity contribution in [1.82, 2.24) is 0 Å². The summed E-state index contributed by atoms with van der Waals surface area (Å²) in [5.74, 6) is 0.389. The number of benzene rings is 2. The molecule has 0 atom stereocenters. The maximum absolute atomic E-state index is 13.8. The minimum absolute atomic E-state index is 0.159.